The number of fused-ring (bicyclic) bond motifs is 2. The van der Waals surface area contributed by atoms with Gasteiger partial charge in [0.2, 0.25) is 0 Å². The number of thiazole rings is 1. The highest BCUT2D eigenvalue weighted by Gasteiger charge is 2.34. The number of amides is 2. The van der Waals surface area contributed by atoms with Gasteiger partial charge in [0, 0.05) is 16.5 Å². The minimum absolute atomic E-state index is 0.0585. The van der Waals surface area contributed by atoms with E-state index in [2.05, 4.69) is 12.2 Å². The van der Waals surface area contributed by atoms with Gasteiger partial charge in [-0.1, -0.05) is 6.92 Å². The normalized spacial score (nSPS) is 15.5. The summed E-state index contributed by atoms with van der Waals surface area (Å²) >= 11 is 1.61. The third kappa shape index (κ3) is 4.03. The summed E-state index contributed by atoms with van der Waals surface area (Å²) in [4.78, 5) is 44.1. The minimum atomic E-state index is -0.783. The number of benzene rings is 2. The van der Waals surface area contributed by atoms with Crippen LogP contribution in [0.25, 0.3) is 11.3 Å². The van der Waals surface area contributed by atoms with Crippen molar-refractivity contribution in [2.75, 3.05) is 23.4 Å². The van der Waals surface area contributed by atoms with Gasteiger partial charge in [-0.25, -0.2) is 4.98 Å². The SMILES string of the molecule is CCCc1nc(-c2ccc3c(c2)N(C(C)C(=O)c2ccc4c(c2)NC(=O)CO4)C(=O)CO3)cs1. The first-order chi connectivity index (χ1) is 16.4. The lowest BCUT2D eigenvalue weighted by Gasteiger charge is -2.33. The number of Topliss-reactive ketones (excluding diaryl/α,β-unsaturated/α-hetero) is 1. The lowest BCUT2D eigenvalue weighted by Crippen LogP contribution is -2.48. The van der Waals surface area contributed by atoms with E-state index < -0.39 is 6.04 Å². The van der Waals surface area contributed by atoms with Gasteiger partial charge in [-0.3, -0.25) is 19.3 Å². The van der Waals surface area contributed by atoms with E-state index in [1.807, 2.05) is 23.6 Å². The fraction of sp³-hybridized carbons (Fsp3) is 0.280. The summed E-state index contributed by atoms with van der Waals surface area (Å²) in [5.41, 5.74) is 3.04. The number of hydrogen-bond acceptors (Lipinski definition) is 7. The van der Waals surface area contributed by atoms with Crippen molar-refractivity contribution in [3.05, 3.63) is 52.3 Å². The van der Waals surface area contributed by atoms with E-state index in [0.717, 1.165) is 29.1 Å². The molecule has 3 aromatic rings. The highest BCUT2D eigenvalue weighted by Crippen LogP contribution is 2.38. The van der Waals surface area contributed by atoms with Crippen molar-refractivity contribution in [1.82, 2.24) is 4.98 Å². The first-order valence-corrected chi connectivity index (χ1v) is 12.0. The average Bonchev–Trinajstić information content (AvgIpc) is 3.31. The summed E-state index contributed by atoms with van der Waals surface area (Å²) in [6.07, 6.45) is 1.94. The summed E-state index contributed by atoms with van der Waals surface area (Å²) in [7, 11) is 0. The van der Waals surface area contributed by atoms with Gasteiger partial charge in [0.1, 0.15) is 11.5 Å². The maximum absolute atomic E-state index is 13.4. The zero-order chi connectivity index (χ0) is 23.8. The lowest BCUT2D eigenvalue weighted by molar-refractivity contribution is -0.121. The monoisotopic (exact) mass is 477 g/mol. The summed E-state index contributed by atoms with van der Waals surface area (Å²) in [6.45, 7) is 3.61. The Bertz CT molecular complexity index is 1300. The molecule has 2 aromatic carbocycles. The quantitative estimate of drug-likeness (QED) is 0.537. The predicted molar refractivity (Wildman–Crippen MR) is 129 cm³/mol. The van der Waals surface area contributed by atoms with Crippen molar-refractivity contribution >= 4 is 40.3 Å². The third-order valence-corrected chi connectivity index (χ3v) is 6.72. The van der Waals surface area contributed by atoms with Crippen molar-refractivity contribution in [3.8, 4) is 22.8 Å². The van der Waals surface area contributed by atoms with Gasteiger partial charge in [-0.2, -0.15) is 0 Å². The molecular formula is C25H23N3O5S. The molecule has 8 nitrogen and oxygen atoms in total. The van der Waals surface area contributed by atoms with Crippen molar-refractivity contribution in [3.63, 3.8) is 0 Å². The molecular weight excluding hydrogens is 454 g/mol. The van der Waals surface area contributed by atoms with E-state index in [0.29, 0.717) is 28.4 Å². The number of ether oxygens (including phenoxy) is 2. The number of hydrogen-bond donors (Lipinski definition) is 1. The van der Waals surface area contributed by atoms with Crippen LogP contribution in [0.5, 0.6) is 11.5 Å². The molecule has 3 heterocycles. The number of nitrogens with zero attached hydrogens (tertiary/aromatic N) is 2. The molecule has 2 aliphatic rings. The van der Waals surface area contributed by atoms with Crippen LogP contribution in [0, 0.1) is 0 Å². The molecule has 1 unspecified atom stereocenters. The van der Waals surface area contributed by atoms with Crippen LogP contribution in [0.15, 0.2) is 41.8 Å². The van der Waals surface area contributed by atoms with Crippen molar-refractivity contribution < 1.29 is 23.9 Å². The minimum Gasteiger partial charge on any atom is -0.482 e. The smallest absolute Gasteiger partial charge is 0.265 e. The second-order valence-corrected chi connectivity index (χ2v) is 9.14. The number of aromatic nitrogens is 1. The van der Waals surface area contributed by atoms with Crippen LogP contribution in [-0.4, -0.2) is 41.8 Å². The zero-order valence-electron chi connectivity index (χ0n) is 18.8. The molecule has 1 aromatic heterocycles. The molecule has 5 rings (SSSR count). The maximum atomic E-state index is 13.4. The largest absolute Gasteiger partial charge is 0.482 e. The lowest BCUT2D eigenvalue weighted by atomic mass is 10.0. The van der Waals surface area contributed by atoms with E-state index in [9.17, 15) is 14.4 Å². The van der Waals surface area contributed by atoms with Gasteiger partial charge in [0.05, 0.1) is 28.1 Å². The number of aryl methyl sites for hydroxylation is 1. The molecule has 174 valence electrons. The van der Waals surface area contributed by atoms with Gasteiger partial charge >= 0.3 is 0 Å². The van der Waals surface area contributed by atoms with Crippen LogP contribution in [-0.2, 0) is 16.0 Å². The van der Waals surface area contributed by atoms with Gasteiger partial charge in [0.25, 0.3) is 11.8 Å². The summed E-state index contributed by atoms with van der Waals surface area (Å²) in [5.74, 6) is 0.210. The predicted octanol–water partition coefficient (Wildman–Crippen LogP) is 4.09. The molecule has 0 aliphatic carbocycles. The van der Waals surface area contributed by atoms with Crippen LogP contribution in [0.2, 0.25) is 0 Å². The van der Waals surface area contributed by atoms with Crippen LogP contribution in [0.1, 0.15) is 35.6 Å². The molecule has 34 heavy (non-hydrogen) atoms. The van der Waals surface area contributed by atoms with Crippen molar-refractivity contribution in [2.24, 2.45) is 0 Å². The second kappa shape index (κ2) is 8.90. The van der Waals surface area contributed by atoms with E-state index in [1.54, 1.807) is 36.5 Å². The number of carbonyl (C=O) groups is 3. The van der Waals surface area contributed by atoms with Gasteiger partial charge in [0.15, 0.2) is 19.0 Å². The Morgan fingerprint density at radius 1 is 1.15 bits per heavy atom. The second-order valence-electron chi connectivity index (χ2n) is 8.20. The van der Waals surface area contributed by atoms with Gasteiger partial charge in [-0.05, 0) is 56.2 Å². The van der Waals surface area contributed by atoms with Crippen LogP contribution >= 0.6 is 11.3 Å². The Morgan fingerprint density at radius 2 is 1.94 bits per heavy atom. The van der Waals surface area contributed by atoms with Gasteiger partial charge in [-0.15, -0.1) is 11.3 Å². The topological polar surface area (TPSA) is 97.8 Å². The molecule has 0 spiro atoms. The van der Waals surface area contributed by atoms with Gasteiger partial charge < -0.3 is 14.8 Å². The third-order valence-electron chi connectivity index (χ3n) is 5.81. The fourth-order valence-corrected chi connectivity index (χ4v) is 5.03. The molecule has 0 fully saturated rings. The number of ketones is 1. The molecule has 0 saturated heterocycles. The van der Waals surface area contributed by atoms with E-state index in [4.69, 9.17) is 14.5 Å². The Hall–Kier alpha value is -3.72. The Balaban J connectivity index is 1.47. The number of rotatable bonds is 6. The Labute approximate surface area is 200 Å². The highest BCUT2D eigenvalue weighted by atomic mass is 32.1. The van der Waals surface area contributed by atoms with Crippen molar-refractivity contribution in [1.29, 1.82) is 0 Å². The first kappa shape index (κ1) is 22.1. The summed E-state index contributed by atoms with van der Waals surface area (Å²) in [5, 5.41) is 5.77. The summed E-state index contributed by atoms with van der Waals surface area (Å²) in [6, 6.07) is 9.66. The molecule has 2 amide bonds. The Morgan fingerprint density at radius 3 is 2.76 bits per heavy atom. The molecule has 0 radical (unpaired) electrons. The number of nitrogens with one attached hydrogen (secondary N) is 1. The molecule has 9 heteroatoms. The maximum Gasteiger partial charge on any atom is 0.265 e. The van der Waals surface area contributed by atoms with E-state index >= 15 is 0 Å². The molecule has 0 bridgehead atoms. The molecule has 2 aliphatic heterocycles. The number of carbonyl (C=O) groups excluding carboxylic acids is 3. The molecule has 1 N–H and O–H groups in total. The molecule has 1 atom stereocenters. The van der Waals surface area contributed by atoms with E-state index in [1.165, 1.54) is 4.90 Å². The summed E-state index contributed by atoms with van der Waals surface area (Å²) < 4.78 is 11.0. The Kier molecular flexibility index (Phi) is 5.79. The standard InChI is InChI=1S/C25H23N3O5S/c1-3-4-23-27-18(13-34-23)15-5-8-21-19(10-15)28(24(30)12-33-21)14(2)25(31)16-6-7-20-17(9-16)26-22(29)11-32-20/h5-10,13-14H,3-4,11-12H2,1-2H3,(H,26,29). The highest BCUT2D eigenvalue weighted by molar-refractivity contribution is 7.09. The van der Waals surface area contributed by atoms with E-state index in [-0.39, 0.29) is 30.8 Å². The van der Waals surface area contributed by atoms with Crippen LogP contribution < -0.4 is 19.7 Å². The fourth-order valence-electron chi connectivity index (χ4n) is 4.12. The van der Waals surface area contributed by atoms with Crippen LogP contribution in [0.4, 0.5) is 11.4 Å². The van der Waals surface area contributed by atoms with Crippen molar-refractivity contribution in [2.45, 2.75) is 32.7 Å². The molecule has 0 saturated carbocycles. The van der Waals surface area contributed by atoms with Crippen LogP contribution in [0.3, 0.4) is 0 Å². The average molecular weight is 478 g/mol. The number of anilines is 2. The zero-order valence-corrected chi connectivity index (χ0v) is 19.6. The first-order valence-electron chi connectivity index (χ1n) is 11.1.